The number of amides is 1. The molecular formula is C16H15ClN2O2. The summed E-state index contributed by atoms with van der Waals surface area (Å²) in [4.78, 5) is 11.9. The van der Waals surface area contributed by atoms with Gasteiger partial charge in [0, 0.05) is 10.6 Å². The van der Waals surface area contributed by atoms with Gasteiger partial charge in [-0.15, -0.1) is 0 Å². The Bertz CT molecular complexity index is 622. The number of nitrogens with one attached hydrogen (secondary N) is 1. The molecule has 0 bridgehead atoms. The second kappa shape index (κ2) is 7.45. The summed E-state index contributed by atoms with van der Waals surface area (Å²) in [5.74, 6) is 0.460. The van der Waals surface area contributed by atoms with Crippen molar-refractivity contribution in [3.05, 3.63) is 64.7 Å². The first kappa shape index (κ1) is 15.1. The molecule has 0 heterocycles. The van der Waals surface area contributed by atoms with E-state index in [9.17, 15) is 4.79 Å². The molecular weight excluding hydrogens is 288 g/mol. The average Bonchev–Trinajstić information content (AvgIpc) is 2.50. The zero-order chi connectivity index (χ0) is 15.1. The summed E-state index contributed by atoms with van der Waals surface area (Å²) in [6.45, 7) is 2.50. The Morgan fingerprint density at radius 1 is 1.19 bits per heavy atom. The molecule has 1 amide bonds. The lowest BCUT2D eigenvalue weighted by Crippen LogP contribution is -2.17. The van der Waals surface area contributed by atoms with E-state index in [4.69, 9.17) is 16.3 Å². The molecule has 1 N–H and O–H groups in total. The van der Waals surface area contributed by atoms with Crippen molar-refractivity contribution in [1.29, 1.82) is 0 Å². The first-order chi connectivity index (χ1) is 10.2. The topological polar surface area (TPSA) is 50.7 Å². The molecule has 2 rings (SSSR count). The highest BCUT2D eigenvalue weighted by molar-refractivity contribution is 6.30. The van der Waals surface area contributed by atoms with Crippen molar-refractivity contribution in [3.63, 3.8) is 0 Å². The number of nitrogens with zero attached hydrogens (tertiary/aromatic N) is 1. The van der Waals surface area contributed by atoms with Gasteiger partial charge in [0.15, 0.2) is 0 Å². The minimum Gasteiger partial charge on any atom is -0.494 e. The highest BCUT2D eigenvalue weighted by Crippen LogP contribution is 2.12. The molecule has 0 spiro atoms. The van der Waals surface area contributed by atoms with Gasteiger partial charge in [-0.05, 0) is 48.9 Å². The molecule has 108 valence electrons. The Morgan fingerprint density at radius 3 is 2.48 bits per heavy atom. The normalized spacial score (nSPS) is 10.6. The van der Waals surface area contributed by atoms with Crippen molar-refractivity contribution < 1.29 is 9.53 Å². The van der Waals surface area contributed by atoms with Gasteiger partial charge in [0.05, 0.1) is 12.8 Å². The molecule has 0 aromatic heterocycles. The van der Waals surface area contributed by atoms with E-state index >= 15 is 0 Å². The van der Waals surface area contributed by atoms with Gasteiger partial charge >= 0.3 is 0 Å². The van der Waals surface area contributed by atoms with Gasteiger partial charge in [-0.2, -0.15) is 5.10 Å². The van der Waals surface area contributed by atoms with Gasteiger partial charge in [0.25, 0.3) is 5.91 Å². The van der Waals surface area contributed by atoms with Crippen molar-refractivity contribution in [2.45, 2.75) is 6.92 Å². The summed E-state index contributed by atoms with van der Waals surface area (Å²) < 4.78 is 5.32. The van der Waals surface area contributed by atoms with Gasteiger partial charge in [0.2, 0.25) is 0 Å². The van der Waals surface area contributed by atoms with Crippen LogP contribution < -0.4 is 10.2 Å². The maximum atomic E-state index is 11.9. The number of hydrogen-bond acceptors (Lipinski definition) is 3. The van der Waals surface area contributed by atoms with Gasteiger partial charge in [0.1, 0.15) is 5.75 Å². The number of ether oxygens (including phenoxy) is 1. The van der Waals surface area contributed by atoms with Gasteiger partial charge in [-0.3, -0.25) is 4.79 Å². The number of rotatable bonds is 5. The van der Waals surface area contributed by atoms with E-state index in [-0.39, 0.29) is 5.91 Å². The van der Waals surface area contributed by atoms with Crippen LogP contribution in [0.1, 0.15) is 22.8 Å². The highest BCUT2D eigenvalue weighted by Gasteiger charge is 2.03. The molecule has 0 aliphatic rings. The maximum Gasteiger partial charge on any atom is 0.271 e. The fourth-order valence-corrected chi connectivity index (χ4v) is 1.77. The number of halogens is 1. The number of hydrazone groups is 1. The van der Waals surface area contributed by atoms with E-state index in [0.717, 1.165) is 11.3 Å². The third kappa shape index (κ3) is 4.61. The number of carbonyl (C=O) groups is 1. The van der Waals surface area contributed by atoms with Crippen LogP contribution in [-0.2, 0) is 0 Å². The molecule has 0 fully saturated rings. The second-order valence-corrected chi connectivity index (χ2v) is 4.64. The van der Waals surface area contributed by atoms with Crippen molar-refractivity contribution in [1.82, 2.24) is 5.43 Å². The van der Waals surface area contributed by atoms with Crippen molar-refractivity contribution in [2.75, 3.05) is 6.61 Å². The largest absolute Gasteiger partial charge is 0.494 e. The second-order valence-electron chi connectivity index (χ2n) is 4.21. The first-order valence-corrected chi connectivity index (χ1v) is 6.88. The molecule has 0 radical (unpaired) electrons. The molecule has 2 aromatic carbocycles. The van der Waals surface area contributed by atoms with Crippen LogP contribution in [0.4, 0.5) is 0 Å². The Kier molecular flexibility index (Phi) is 5.35. The Morgan fingerprint density at radius 2 is 1.86 bits per heavy atom. The van der Waals surface area contributed by atoms with Crippen LogP contribution in [0.3, 0.4) is 0 Å². The lowest BCUT2D eigenvalue weighted by atomic mass is 10.2. The lowest BCUT2D eigenvalue weighted by Gasteiger charge is -2.04. The van der Waals surface area contributed by atoms with Crippen LogP contribution in [0.25, 0.3) is 0 Å². The van der Waals surface area contributed by atoms with Crippen LogP contribution in [0, 0.1) is 0 Å². The molecule has 0 aliphatic carbocycles. The number of benzene rings is 2. The van der Waals surface area contributed by atoms with Gasteiger partial charge < -0.3 is 4.74 Å². The third-order valence-corrected chi connectivity index (χ3v) is 2.93. The van der Waals surface area contributed by atoms with Crippen LogP contribution in [0.2, 0.25) is 5.02 Å². The quantitative estimate of drug-likeness (QED) is 0.679. The maximum absolute atomic E-state index is 11.9. The summed E-state index contributed by atoms with van der Waals surface area (Å²) >= 11 is 5.79. The fraction of sp³-hybridized carbons (Fsp3) is 0.125. The summed E-state index contributed by atoms with van der Waals surface area (Å²) in [7, 11) is 0. The Labute approximate surface area is 128 Å². The average molecular weight is 303 g/mol. The summed E-state index contributed by atoms with van der Waals surface area (Å²) in [6, 6.07) is 14.0. The first-order valence-electron chi connectivity index (χ1n) is 6.51. The van der Waals surface area contributed by atoms with Crippen molar-refractivity contribution in [2.24, 2.45) is 5.10 Å². The van der Waals surface area contributed by atoms with E-state index in [1.54, 1.807) is 42.6 Å². The summed E-state index contributed by atoms with van der Waals surface area (Å²) in [5.41, 5.74) is 3.84. The highest BCUT2D eigenvalue weighted by atomic mass is 35.5. The number of carbonyl (C=O) groups excluding carboxylic acids is 1. The molecule has 4 nitrogen and oxygen atoms in total. The van der Waals surface area contributed by atoms with Gasteiger partial charge in [-0.25, -0.2) is 5.43 Å². The summed E-state index contributed by atoms with van der Waals surface area (Å²) in [5, 5.41) is 4.57. The van der Waals surface area contributed by atoms with Crippen LogP contribution in [-0.4, -0.2) is 18.7 Å². The summed E-state index contributed by atoms with van der Waals surface area (Å²) in [6.07, 6.45) is 1.56. The molecule has 5 heteroatoms. The van der Waals surface area contributed by atoms with E-state index in [2.05, 4.69) is 10.5 Å². The van der Waals surface area contributed by atoms with E-state index in [1.165, 1.54) is 0 Å². The number of hydrogen-bond donors (Lipinski definition) is 1. The SMILES string of the molecule is CCOc1ccc(C(=O)N/N=C/c2ccc(Cl)cc2)cc1. The molecule has 0 atom stereocenters. The van der Waals surface area contributed by atoms with E-state index < -0.39 is 0 Å². The zero-order valence-electron chi connectivity index (χ0n) is 11.5. The smallest absolute Gasteiger partial charge is 0.271 e. The molecule has 0 aliphatic heterocycles. The predicted molar refractivity (Wildman–Crippen MR) is 84.1 cm³/mol. The molecule has 2 aromatic rings. The lowest BCUT2D eigenvalue weighted by molar-refractivity contribution is 0.0955. The third-order valence-electron chi connectivity index (χ3n) is 2.68. The molecule has 21 heavy (non-hydrogen) atoms. The van der Waals surface area contributed by atoms with Crippen LogP contribution >= 0.6 is 11.6 Å². The van der Waals surface area contributed by atoms with Crippen molar-refractivity contribution in [3.8, 4) is 5.75 Å². The van der Waals surface area contributed by atoms with E-state index in [1.807, 2.05) is 19.1 Å². The Balaban J connectivity index is 1.93. The predicted octanol–water partition coefficient (Wildman–Crippen LogP) is 3.50. The standard InChI is InChI=1S/C16H15ClN2O2/c1-2-21-15-9-5-13(6-10-15)16(20)19-18-11-12-3-7-14(17)8-4-12/h3-11H,2H2,1H3,(H,19,20)/b18-11+. The monoisotopic (exact) mass is 302 g/mol. The fourth-order valence-electron chi connectivity index (χ4n) is 1.65. The van der Waals surface area contributed by atoms with Gasteiger partial charge in [-0.1, -0.05) is 23.7 Å². The van der Waals surface area contributed by atoms with Crippen molar-refractivity contribution >= 4 is 23.7 Å². The minimum absolute atomic E-state index is 0.275. The molecule has 0 saturated heterocycles. The van der Waals surface area contributed by atoms with Crippen LogP contribution in [0.15, 0.2) is 53.6 Å². The van der Waals surface area contributed by atoms with Crippen LogP contribution in [0.5, 0.6) is 5.75 Å². The van der Waals surface area contributed by atoms with E-state index in [0.29, 0.717) is 17.2 Å². The molecule has 0 saturated carbocycles. The zero-order valence-corrected chi connectivity index (χ0v) is 12.3. The molecule has 0 unspecified atom stereocenters. The Hall–Kier alpha value is -2.33. The minimum atomic E-state index is -0.275.